The highest BCUT2D eigenvalue weighted by molar-refractivity contribution is 14.0. The molecule has 0 amide bonds. The van der Waals surface area contributed by atoms with Crippen molar-refractivity contribution in [1.29, 1.82) is 0 Å². The first-order valence-corrected chi connectivity index (χ1v) is 6.02. The van der Waals surface area contributed by atoms with E-state index < -0.39 is 0 Å². The van der Waals surface area contributed by atoms with Gasteiger partial charge in [0.25, 0.3) is 0 Å². The topological polar surface area (TPSA) is 26.0 Å². The molecule has 0 aromatic rings. The Morgan fingerprint density at radius 2 is 1.50 bits per heavy atom. The van der Waals surface area contributed by atoms with Gasteiger partial charge in [0.05, 0.1) is 8.56 Å². The fourth-order valence-corrected chi connectivity index (χ4v) is 2.36. The third-order valence-electron chi connectivity index (χ3n) is 0.811. The summed E-state index contributed by atoms with van der Waals surface area (Å²) < 4.78 is 0.262. The van der Waals surface area contributed by atoms with Crippen LogP contribution in [0.2, 0.25) is 0 Å². The Morgan fingerprint density at radius 3 is 1.60 bits per heavy atom. The summed E-state index contributed by atoms with van der Waals surface area (Å²) >= 11 is 13.6. The fourth-order valence-electron chi connectivity index (χ4n) is 0.288. The molecule has 0 saturated heterocycles. The lowest BCUT2D eigenvalue weighted by Crippen LogP contribution is -2.27. The summed E-state index contributed by atoms with van der Waals surface area (Å²) in [7, 11) is 0. The van der Waals surface area contributed by atoms with Gasteiger partial charge in [-0.15, -0.1) is 24.0 Å². The lowest BCUT2D eigenvalue weighted by molar-refractivity contribution is 0.866. The number of hydrogen-bond donors (Lipinski definition) is 1. The first-order chi connectivity index (χ1) is 4.09. The van der Waals surface area contributed by atoms with Crippen LogP contribution in [0.25, 0.3) is 0 Å². The third kappa shape index (κ3) is 6.16. The second-order valence-corrected chi connectivity index (χ2v) is 6.97. The SMILES string of the molecule is I.NCC(Br)C(Br)C(Br)Br. The summed E-state index contributed by atoms with van der Waals surface area (Å²) in [5, 5.41) is 0. The van der Waals surface area contributed by atoms with Crippen LogP contribution < -0.4 is 5.73 Å². The first kappa shape index (κ1) is 15.1. The van der Waals surface area contributed by atoms with E-state index in [9.17, 15) is 0 Å². The van der Waals surface area contributed by atoms with Crippen molar-refractivity contribution in [3.05, 3.63) is 0 Å². The van der Waals surface area contributed by atoms with Crippen LogP contribution in [0, 0.1) is 0 Å². The summed E-state index contributed by atoms with van der Waals surface area (Å²) in [5.74, 6) is 0. The summed E-state index contributed by atoms with van der Waals surface area (Å²) in [4.78, 5) is 0.628. The molecule has 0 aromatic carbocycles. The molecular formula is C4H8Br4IN. The van der Waals surface area contributed by atoms with E-state index in [1.807, 2.05) is 0 Å². The van der Waals surface area contributed by atoms with Gasteiger partial charge in [-0.05, 0) is 0 Å². The Kier molecular flexibility index (Phi) is 12.4. The Labute approximate surface area is 112 Å². The largest absolute Gasteiger partial charge is 0.329 e. The zero-order valence-corrected chi connectivity index (χ0v) is 13.6. The maximum Gasteiger partial charge on any atom is 0.0833 e. The molecule has 2 unspecified atom stereocenters. The normalized spacial score (nSPS) is 16.2. The number of hydrogen-bond acceptors (Lipinski definition) is 1. The predicted octanol–water partition coefficient (Wildman–Crippen LogP) is 3.21. The predicted molar refractivity (Wildman–Crippen MR) is 71.5 cm³/mol. The molecule has 0 spiro atoms. The van der Waals surface area contributed by atoms with E-state index in [0.717, 1.165) is 0 Å². The van der Waals surface area contributed by atoms with Crippen LogP contribution in [0.5, 0.6) is 0 Å². The van der Waals surface area contributed by atoms with E-state index >= 15 is 0 Å². The van der Waals surface area contributed by atoms with Crippen molar-refractivity contribution < 1.29 is 0 Å². The van der Waals surface area contributed by atoms with Gasteiger partial charge in [-0.2, -0.15) is 0 Å². The molecule has 6 heteroatoms. The Bertz CT molecular complexity index is 81.7. The Hall–Kier alpha value is 2.61. The molecule has 2 atom stereocenters. The van der Waals surface area contributed by atoms with Crippen LogP contribution >= 0.6 is 87.7 Å². The molecule has 0 radical (unpaired) electrons. The highest BCUT2D eigenvalue weighted by Crippen LogP contribution is 2.26. The van der Waals surface area contributed by atoms with Crippen LogP contribution in [-0.4, -0.2) is 19.9 Å². The lowest BCUT2D eigenvalue weighted by Gasteiger charge is -2.15. The second kappa shape index (κ2) is 8.22. The molecule has 0 aromatic heterocycles. The lowest BCUT2D eigenvalue weighted by atomic mass is 10.3. The van der Waals surface area contributed by atoms with Gasteiger partial charge in [-0.1, -0.05) is 63.7 Å². The van der Waals surface area contributed by atoms with E-state index in [1.54, 1.807) is 0 Å². The highest BCUT2D eigenvalue weighted by atomic mass is 127. The van der Waals surface area contributed by atoms with Crippen LogP contribution in [0.1, 0.15) is 0 Å². The molecule has 0 aliphatic heterocycles. The van der Waals surface area contributed by atoms with Gasteiger partial charge in [0.2, 0.25) is 0 Å². The Morgan fingerprint density at radius 1 is 1.10 bits per heavy atom. The van der Waals surface area contributed by atoms with E-state index in [-0.39, 0.29) is 27.7 Å². The van der Waals surface area contributed by atoms with E-state index in [4.69, 9.17) is 5.73 Å². The third-order valence-corrected chi connectivity index (χ3v) is 6.19. The van der Waals surface area contributed by atoms with Gasteiger partial charge in [0.15, 0.2) is 0 Å². The smallest absolute Gasteiger partial charge is 0.0833 e. The molecule has 0 bridgehead atoms. The zero-order chi connectivity index (χ0) is 7.44. The van der Waals surface area contributed by atoms with Crippen LogP contribution in [0.4, 0.5) is 0 Å². The average molecular weight is 517 g/mol. The molecule has 0 saturated carbocycles. The molecule has 0 fully saturated rings. The maximum atomic E-state index is 5.39. The van der Waals surface area contributed by atoms with E-state index in [0.29, 0.717) is 16.2 Å². The van der Waals surface area contributed by atoms with Crippen molar-refractivity contribution in [1.82, 2.24) is 0 Å². The van der Waals surface area contributed by atoms with Crippen molar-refractivity contribution in [2.75, 3.05) is 6.54 Å². The van der Waals surface area contributed by atoms with Gasteiger partial charge >= 0.3 is 0 Å². The second-order valence-electron chi connectivity index (χ2n) is 1.53. The van der Waals surface area contributed by atoms with Gasteiger partial charge in [-0.25, -0.2) is 0 Å². The summed E-state index contributed by atoms with van der Waals surface area (Å²) in [6.07, 6.45) is 0. The zero-order valence-electron chi connectivity index (χ0n) is 4.94. The summed E-state index contributed by atoms with van der Waals surface area (Å²) in [6, 6.07) is 0. The molecule has 0 aliphatic rings. The van der Waals surface area contributed by atoms with E-state index in [2.05, 4.69) is 63.7 Å². The number of rotatable bonds is 3. The van der Waals surface area contributed by atoms with Crippen LogP contribution in [0.3, 0.4) is 0 Å². The van der Waals surface area contributed by atoms with E-state index in [1.165, 1.54) is 0 Å². The Balaban J connectivity index is 0. The average Bonchev–Trinajstić information content (AvgIpc) is 1.84. The standard InChI is InChI=1S/C4H7Br4N.HI/c5-2(1-9)3(6)4(7)8;/h2-4H,1,9H2;1H. The number of nitrogens with two attached hydrogens (primary N) is 1. The minimum atomic E-state index is 0. The maximum absolute atomic E-state index is 5.39. The van der Waals surface area contributed by atoms with Gasteiger partial charge in [-0.3, -0.25) is 0 Å². The molecule has 0 rings (SSSR count). The number of alkyl halides is 4. The quantitative estimate of drug-likeness (QED) is 0.453. The van der Waals surface area contributed by atoms with Crippen LogP contribution in [-0.2, 0) is 0 Å². The monoisotopic (exact) mass is 513 g/mol. The van der Waals surface area contributed by atoms with Crippen molar-refractivity contribution in [2.45, 2.75) is 13.4 Å². The number of halogens is 5. The van der Waals surface area contributed by atoms with Crippen molar-refractivity contribution in [2.24, 2.45) is 5.73 Å². The van der Waals surface area contributed by atoms with Crippen LogP contribution in [0.15, 0.2) is 0 Å². The summed E-state index contributed by atoms with van der Waals surface area (Å²) in [6.45, 7) is 0.629. The molecule has 2 N–H and O–H groups in total. The first-order valence-electron chi connectivity index (χ1n) is 2.36. The van der Waals surface area contributed by atoms with Crippen molar-refractivity contribution in [3.63, 3.8) is 0 Å². The summed E-state index contributed by atoms with van der Waals surface area (Å²) in [5.41, 5.74) is 5.39. The highest BCUT2D eigenvalue weighted by Gasteiger charge is 2.19. The van der Waals surface area contributed by atoms with Gasteiger partial charge in [0, 0.05) is 11.4 Å². The van der Waals surface area contributed by atoms with Gasteiger partial charge < -0.3 is 5.73 Å². The fraction of sp³-hybridized carbons (Fsp3) is 1.00. The molecule has 1 nitrogen and oxygen atoms in total. The van der Waals surface area contributed by atoms with Crippen molar-refractivity contribution in [3.8, 4) is 0 Å². The minimum absolute atomic E-state index is 0. The molecule has 0 heterocycles. The molecule has 10 heavy (non-hydrogen) atoms. The van der Waals surface area contributed by atoms with Crippen molar-refractivity contribution >= 4 is 87.7 Å². The molecule has 0 aliphatic carbocycles. The van der Waals surface area contributed by atoms with Gasteiger partial charge in [0.1, 0.15) is 0 Å². The minimum Gasteiger partial charge on any atom is -0.329 e. The molecule has 64 valence electrons. The molecular weight excluding hydrogens is 509 g/mol.